The minimum atomic E-state index is -4.45. The van der Waals surface area contributed by atoms with Crippen LogP contribution in [0.3, 0.4) is 0 Å². The Labute approximate surface area is 135 Å². The first-order valence-corrected chi connectivity index (χ1v) is 7.20. The number of hydrogen-bond acceptors (Lipinski definition) is 3. The van der Waals surface area contributed by atoms with E-state index < -0.39 is 11.9 Å². The standard InChI is InChI=1S/C13H15ClF3N5O/c1-9-5-11(13(15,16)17)20-22(9)4-2-3-18-12(23)8-21-7-10(14)6-19-21/h5-7H,2-4,8H2,1H3,(H,18,23). The molecule has 1 N–H and O–H groups in total. The Balaban J connectivity index is 1.75. The Kier molecular flexibility index (Phi) is 5.30. The zero-order chi connectivity index (χ0) is 17.0. The molecule has 1 amide bonds. The highest BCUT2D eigenvalue weighted by Gasteiger charge is 2.34. The Bertz CT molecular complexity index is 679. The number of nitrogens with one attached hydrogen (secondary N) is 1. The molecule has 0 bridgehead atoms. The molecule has 2 aromatic heterocycles. The number of carbonyl (C=O) groups excluding carboxylic acids is 1. The van der Waals surface area contributed by atoms with Crippen LogP contribution >= 0.6 is 11.6 Å². The summed E-state index contributed by atoms with van der Waals surface area (Å²) in [6.45, 7) is 2.21. The van der Waals surface area contributed by atoms with Crippen molar-refractivity contribution in [1.29, 1.82) is 0 Å². The number of aromatic nitrogens is 4. The van der Waals surface area contributed by atoms with Crippen LogP contribution in [0, 0.1) is 6.92 Å². The van der Waals surface area contributed by atoms with E-state index in [0.717, 1.165) is 6.07 Å². The third kappa shape index (κ3) is 4.98. The zero-order valence-electron chi connectivity index (χ0n) is 12.3. The second kappa shape index (κ2) is 7.03. The maximum absolute atomic E-state index is 12.5. The van der Waals surface area contributed by atoms with Gasteiger partial charge in [-0.3, -0.25) is 14.2 Å². The van der Waals surface area contributed by atoms with Crippen molar-refractivity contribution < 1.29 is 18.0 Å². The van der Waals surface area contributed by atoms with Gasteiger partial charge in [0.15, 0.2) is 5.69 Å². The van der Waals surface area contributed by atoms with Gasteiger partial charge in [-0.2, -0.15) is 23.4 Å². The van der Waals surface area contributed by atoms with Crippen molar-refractivity contribution in [3.05, 3.63) is 34.9 Å². The van der Waals surface area contributed by atoms with Crippen molar-refractivity contribution in [3.63, 3.8) is 0 Å². The van der Waals surface area contributed by atoms with Crippen LogP contribution in [-0.4, -0.2) is 32.0 Å². The monoisotopic (exact) mass is 349 g/mol. The lowest BCUT2D eigenvalue weighted by Gasteiger charge is -2.07. The highest BCUT2D eigenvalue weighted by atomic mass is 35.5. The van der Waals surface area contributed by atoms with Crippen LogP contribution in [0.5, 0.6) is 0 Å². The Morgan fingerprint density at radius 2 is 2.17 bits per heavy atom. The van der Waals surface area contributed by atoms with Crippen LogP contribution in [-0.2, 0) is 24.1 Å². The fourth-order valence-corrected chi connectivity index (χ4v) is 2.12. The van der Waals surface area contributed by atoms with Gasteiger partial charge >= 0.3 is 6.18 Å². The summed E-state index contributed by atoms with van der Waals surface area (Å²) in [6, 6.07) is 1.00. The van der Waals surface area contributed by atoms with Gasteiger partial charge in [-0.05, 0) is 19.4 Å². The molecule has 0 aromatic carbocycles. The van der Waals surface area contributed by atoms with Gasteiger partial charge < -0.3 is 5.32 Å². The minimum Gasteiger partial charge on any atom is -0.354 e. The van der Waals surface area contributed by atoms with E-state index in [1.165, 1.54) is 21.8 Å². The van der Waals surface area contributed by atoms with E-state index in [-0.39, 0.29) is 19.0 Å². The summed E-state index contributed by atoms with van der Waals surface area (Å²) in [7, 11) is 0. The quantitative estimate of drug-likeness (QED) is 0.814. The highest BCUT2D eigenvalue weighted by Crippen LogP contribution is 2.28. The number of rotatable bonds is 6. The molecule has 2 aromatic rings. The van der Waals surface area contributed by atoms with Crippen LogP contribution < -0.4 is 5.32 Å². The summed E-state index contributed by atoms with van der Waals surface area (Å²) < 4.78 is 40.3. The molecule has 0 unspecified atom stereocenters. The first-order chi connectivity index (χ1) is 10.8. The summed E-state index contributed by atoms with van der Waals surface area (Å²) in [6.07, 6.45) is -1.04. The molecule has 0 aliphatic carbocycles. The molecule has 0 spiro atoms. The Morgan fingerprint density at radius 1 is 1.43 bits per heavy atom. The van der Waals surface area contributed by atoms with E-state index in [0.29, 0.717) is 23.7 Å². The van der Waals surface area contributed by atoms with Gasteiger partial charge in [0.25, 0.3) is 0 Å². The van der Waals surface area contributed by atoms with Gasteiger partial charge in [0.05, 0.1) is 11.2 Å². The maximum Gasteiger partial charge on any atom is 0.435 e. The minimum absolute atomic E-state index is 0.0335. The molecule has 0 aliphatic heterocycles. The first-order valence-electron chi connectivity index (χ1n) is 6.82. The summed E-state index contributed by atoms with van der Waals surface area (Å²) in [4.78, 5) is 11.6. The lowest BCUT2D eigenvalue weighted by Crippen LogP contribution is -2.29. The van der Waals surface area contributed by atoms with E-state index >= 15 is 0 Å². The van der Waals surface area contributed by atoms with Crippen LogP contribution in [0.2, 0.25) is 5.02 Å². The van der Waals surface area contributed by atoms with Crippen LogP contribution in [0.4, 0.5) is 13.2 Å². The molecule has 23 heavy (non-hydrogen) atoms. The van der Waals surface area contributed by atoms with Gasteiger partial charge in [0.2, 0.25) is 5.91 Å². The SMILES string of the molecule is Cc1cc(C(F)(F)F)nn1CCCNC(=O)Cn1cc(Cl)cn1. The van der Waals surface area contributed by atoms with Crippen molar-refractivity contribution in [1.82, 2.24) is 24.9 Å². The normalized spacial score (nSPS) is 11.7. The molecule has 0 atom stereocenters. The molecular weight excluding hydrogens is 335 g/mol. The predicted octanol–water partition coefficient (Wildman–Crippen LogP) is 2.27. The number of aryl methyl sites for hydroxylation is 2. The van der Waals surface area contributed by atoms with Gasteiger partial charge in [-0.25, -0.2) is 0 Å². The van der Waals surface area contributed by atoms with Crippen molar-refractivity contribution in [2.24, 2.45) is 0 Å². The third-order valence-electron chi connectivity index (χ3n) is 3.05. The van der Waals surface area contributed by atoms with Crippen LogP contribution in [0.1, 0.15) is 17.8 Å². The molecule has 0 aliphatic rings. The Morgan fingerprint density at radius 3 is 2.74 bits per heavy atom. The molecule has 10 heteroatoms. The van der Waals surface area contributed by atoms with Crippen molar-refractivity contribution in [3.8, 4) is 0 Å². The summed E-state index contributed by atoms with van der Waals surface area (Å²) in [5, 5.41) is 10.5. The molecule has 0 radical (unpaired) electrons. The number of alkyl halides is 3. The lowest BCUT2D eigenvalue weighted by molar-refractivity contribution is -0.141. The largest absolute Gasteiger partial charge is 0.435 e. The van der Waals surface area contributed by atoms with Gasteiger partial charge in [-0.1, -0.05) is 11.6 Å². The smallest absolute Gasteiger partial charge is 0.354 e. The highest BCUT2D eigenvalue weighted by molar-refractivity contribution is 6.30. The fourth-order valence-electron chi connectivity index (χ4n) is 1.96. The molecule has 6 nitrogen and oxygen atoms in total. The fraction of sp³-hybridized carbons (Fsp3) is 0.462. The average Bonchev–Trinajstić information content (AvgIpc) is 3.01. The van der Waals surface area contributed by atoms with Gasteiger partial charge in [0, 0.05) is 25.0 Å². The van der Waals surface area contributed by atoms with Crippen molar-refractivity contribution in [2.75, 3.05) is 6.54 Å². The molecule has 126 valence electrons. The molecule has 2 rings (SSSR count). The molecular formula is C13H15ClF3N5O. The van der Waals surface area contributed by atoms with E-state index in [1.807, 2.05) is 0 Å². The second-order valence-electron chi connectivity index (χ2n) is 4.95. The number of halogens is 4. The number of amides is 1. The van der Waals surface area contributed by atoms with Gasteiger partial charge in [0.1, 0.15) is 6.54 Å². The topological polar surface area (TPSA) is 64.7 Å². The summed E-state index contributed by atoms with van der Waals surface area (Å²) >= 11 is 5.68. The number of nitrogens with zero attached hydrogens (tertiary/aromatic N) is 4. The zero-order valence-corrected chi connectivity index (χ0v) is 13.0. The van der Waals surface area contributed by atoms with Crippen LogP contribution in [0.25, 0.3) is 0 Å². The third-order valence-corrected chi connectivity index (χ3v) is 3.24. The van der Waals surface area contributed by atoms with E-state index in [9.17, 15) is 18.0 Å². The molecule has 0 fully saturated rings. The summed E-state index contributed by atoms with van der Waals surface area (Å²) in [5.41, 5.74) is -0.482. The van der Waals surface area contributed by atoms with E-state index in [2.05, 4.69) is 15.5 Å². The predicted molar refractivity (Wildman–Crippen MR) is 76.8 cm³/mol. The molecule has 0 saturated heterocycles. The van der Waals surface area contributed by atoms with Crippen LogP contribution in [0.15, 0.2) is 18.5 Å². The second-order valence-corrected chi connectivity index (χ2v) is 5.39. The van der Waals surface area contributed by atoms with Crippen molar-refractivity contribution >= 4 is 17.5 Å². The Hall–Kier alpha value is -2.03. The van der Waals surface area contributed by atoms with E-state index in [4.69, 9.17) is 11.6 Å². The van der Waals surface area contributed by atoms with Gasteiger partial charge in [-0.15, -0.1) is 0 Å². The number of carbonyl (C=O) groups is 1. The molecule has 0 saturated carbocycles. The summed E-state index contributed by atoms with van der Waals surface area (Å²) in [5.74, 6) is -0.252. The van der Waals surface area contributed by atoms with Crippen molar-refractivity contribution in [2.45, 2.75) is 32.6 Å². The lowest BCUT2D eigenvalue weighted by atomic mass is 10.3. The maximum atomic E-state index is 12.5. The average molecular weight is 350 g/mol. The van der Waals surface area contributed by atoms with E-state index in [1.54, 1.807) is 6.92 Å². The number of hydrogen-bond donors (Lipinski definition) is 1. The first kappa shape index (κ1) is 17.3. The molecule has 2 heterocycles.